The largest absolute Gasteiger partial charge is 0.444 e. The van der Waals surface area contributed by atoms with Gasteiger partial charge >= 0.3 is 6.09 Å². The second-order valence-electron chi connectivity index (χ2n) is 7.97. The number of benzene rings is 1. The van der Waals surface area contributed by atoms with Gasteiger partial charge < -0.3 is 19.8 Å². The number of nitrogens with zero attached hydrogens (tertiary/aromatic N) is 2. The molecule has 170 valence electrons. The molecule has 0 aliphatic carbocycles. The highest BCUT2D eigenvalue weighted by atomic mass is 32.2. The Morgan fingerprint density at radius 3 is 2.65 bits per heavy atom. The van der Waals surface area contributed by atoms with Gasteiger partial charge in [-0.15, -0.1) is 10.2 Å². The molecule has 0 bridgehead atoms. The molecule has 1 aromatic heterocycles. The first-order valence-electron chi connectivity index (χ1n) is 9.89. The van der Waals surface area contributed by atoms with Gasteiger partial charge in [-0.3, -0.25) is 4.79 Å². The van der Waals surface area contributed by atoms with Gasteiger partial charge in [-0.2, -0.15) is 11.8 Å². The van der Waals surface area contributed by atoms with Crippen molar-refractivity contribution >= 4 is 41.2 Å². The van der Waals surface area contributed by atoms with Crippen LogP contribution in [0.4, 0.5) is 10.5 Å². The molecule has 0 unspecified atom stereocenters. The van der Waals surface area contributed by atoms with Gasteiger partial charge in [0.15, 0.2) is 0 Å². The smallest absolute Gasteiger partial charge is 0.408 e. The summed E-state index contributed by atoms with van der Waals surface area (Å²) in [6.07, 6.45) is 2.05. The third kappa shape index (κ3) is 8.45. The Bertz CT molecular complexity index is 896. The fourth-order valence-corrected chi connectivity index (χ4v) is 3.60. The Morgan fingerprint density at radius 1 is 1.23 bits per heavy atom. The van der Waals surface area contributed by atoms with E-state index in [1.54, 1.807) is 32.5 Å². The van der Waals surface area contributed by atoms with Crippen molar-refractivity contribution in [2.75, 3.05) is 23.1 Å². The second-order valence-corrected chi connectivity index (χ2v) is 9.88. The summed E-state index contributed by atoms with van der Waals surface area (Å²) in [4.78, 5) is 24.5. The van der Waals surface area contributed by atoms with Gasteiger partial charge in [0.1, 0.15) is 11.6 Å². The Balaban J connectivity index is 1.96. The zero-order valence-electron chi connectivity index (χ0n) is 18.8. The molecule has 0 radical (unpaired) electrons. The van der Waals surface area contributed by atoms with E-state index in [2.05, 4.69) is 20.8 Å². The molecule has 1 heterocycles. The summed E-state index contributed by atoms with van der Waals surface area (Å²) in [5.74, 6) is 1.05. The number of alkyl carbamates (subject to hydrolysis) is 1. The van der Waals surface area contributed by atoms with Crippen LogP contribution in [0.5, 0.6) is 0 Å². The molecule has 0 aliphatic heterocycles. The molecule has 0 saturated heterocycles. The van der Waals surface area contributed by atoms with Crippen molar-refractivity contribution in [1.29, 1.82) is 0 Å². The number of aromatic nitrogens is 2. The van der Waals surface area contributed by atoms with Crippen LogP contribution in [0.15, 0.2) is 27.8 Å². The molecule has 2 amide bonds. The number of ether oxygens (including phenoxy) is 1. The minimum atomic E-state index is -0.604. The first kappa shape index (κ1) is 25.1. The Kier molecular flexibility index (Phi) is 9.24. The number of hydrogen-bond acceptors (Lipinski definition) is 8. The molecule has 0 fully saturated rings. The number of hydrogen-bond donors (Lipinski definition) is 2. The maximum atomic E-state index is 12.3. The lowest BCUT2D eigenvalue weighted by atomic mass is 10.1. The highest BCUT2D eigenvalue weighted by molar-refractivity contribution is 7.99. The highest BCUT2D eigenvalue weighted by Crippen LogP contribution is 2.24. The van der Waals surface area contributed by atoms with E-state index in [0.29, 0.717) is 6.42 Å². The van der Waals surface area contributed by atoms with Gasteiger partial charge in [0, 0.05) is 5.69 Å². The number of carbonyl (C=O) groups is 2. The van der Waals surface area contributed by atoms with Crippen molar-refractivity contribution < 1.29 is 18.7 Å². The number of aryl methyl sites for hydroxylation is 1. The van der Waals surface area contributed by atoms with Crippen LogP contribution in [-0.2, 0) is 9.53 Å². The predicted octanol–water partition coefficient (Wildman–Crippen LogP) is 4.74. The first-order valence-corrected chi connectivity index (χ1v) is 12.3. The van der Waals surface area contributed by atoms with Crippen LogP contribution >= 0.6 is 23.5 Å². The molecule has 10 heteroatoms. The molecule has 2 rings (SSSR count). The Labute approximate surface area is 191 Å². The molecule has 1 atom stereocenters. The zero-order valence-corrected chi connectivity index (χ0v) is 20.4. The molecule has 0 saturated carbocycles. The summed E-state index contributed by atoms with van der Waals surface area (Å²) in [6, 6.07) is 5.31. The summed E-state index contributed by atoms with van der Waals surface area (Å²) in [5, 5.41) is 14.0. The maximum absolute atomic E-state index is 12.3. The molecule has 0 aliphatic rings. The van der Waals surface area contributed by atoms with Crippen molar-refractivity contribution in [3.8, 4) is 0 Å². The van der Waals surface area contributed by atoms with E-state index in [4.69, 9.17) is 9.15 Å². The van der Waals surface area contributed by atoms with E-state index in [1.165, 1.54) is 0 Å². The van der Waals surface area contributed by atoms with E-state index >= 15 is 0 Å². The number of rotatable bonds is 9. The van der Waals surface area contributed by atoms with Gasteiger partial charge in [0.2, 0.25) is 11.8 Å². The molecule has 8 nitrogen and oxygen atoms in total. The van der Waals surface area contributed by atoms with E-state index in [-0.39, 0.29) is 22.8 Å². The van der Waals surface area contributed by atoms with Crippen molar-refractivity contribution in [2.24, 2.45) is 0 Å². The molecule has 0 spiro atoms. The van der Waals surface area contributed by atoms with Crippen molar-refractivity contribution in [1.82, 2.24) is 15.5 Å². The molecule has 2 aromatic rings. The number of thioether (sulfide) groups is 2. The lowest BCUT2D eigenvalue weighted by molar-refractivity contribution is -0.113. The summed E-state index contributed by atoms with van der Waals surface area (Å²) in [7, 11) is 0. The summed E-state index contributed by atoms with van der Waals surface area (Å²) in [5.41, 5.74) is 2.33. The van der Waals surface area contributed by atoms with Gasteiger partial charge in [0.05, 0.1) is 5.75 Å². The average Bonchev–Trinajstić information content (AvgIpc) is 3.14. The van der Waals surface area contributed by atoms with Crippen LogP contribution in [0, 0.1) is 13.8 Å². The zero-order chi connectivity index (χ0) is 23.0. The number of carbonyl (C=O) groups excluding carboxylic acids is 2. The quantitative estimate of drug-likeness (QED) is 0.511. The number of amides is 2. The molecular weight excluding hydrogens is 436 g/mol. The average molecular weight is 467 g/mol. The SMILES string of the molecule is CSCC[C@H](NC(=O)OC(C)(C)C)c1nnc(SCC(=O)Nc2cccc(C)c2C)o1. The van der Waals surface area contributed by atoms with Crippen LogP contribution < -0.4 is 10.6 Å². The van der Waals surface area contributed by atoms with Crippen LogP contribution in [0.25, 0.3) is 0 Å². The minimum Gasteiger partial charge on any atom is -0.444 e. The normalized spacial score (nSPS) is 12.3. The van der Waals surface area contributed by atoms with Gasteiger partial charge in [-0.1, -0.05) is 23.9 Å². The van der Waals surface area contributed by atoms with E-state index in [9.17, 15) is 9.59 Å². The Morgan fingerprint density at radius 2 is 1.97 bits per heavy atom. The summed E-state index contributed by atoms with van der Waals surface area (Å²) in [6.45, 7) is 9.36. The summed E-state index contributed by atoms with van der Waals surface area (Å²) < 4.78 is 11.0. The monoisotopic (exact) mass is 466 g/mol. The van der Waals surface area contributed by atoms with Crippen LogP contribution in [0.2, 0.25) is 0 Å². The summed E-state index contributed by atoms with van der Waals surface area (Å²) >= 11 is 2.80. The molecular formula is C21H30N4O4S2. The fraction of sp³-hybridized carbons (Fsp3) is 0.524. The number of nitrogens with one attached hydrogen (secondary N) is 2. The van der Waals surface area contributed by atoms with Crippen LogP contribution in [0.3, 0.4) is 0 Å². The number of anilines is 1. The molecule has 31 heavy (non-hydrogen) atoms. The minimum absolute atomic E-state index is 0.129. The third-order valence-electron chi connectivity index (χ3n) is 4.23. The van der Waals surface area contributed by atoms with Crippen LogP contribution in [0.1, 0.15) is 50.3 Å². The Hall–Kier alpha value is -2.20. The van der Waals surface area contributed by atoms with E-state index < -0.39 is 17.7 Å². The lowest BCUT2D eigenvalue weighted by Crippen LogP contribution is -2.35. The predicted molar refractivity (Wildman–Crippen MR) is 125 cm³/mol. The molecule has 2 N–H and O–H groups in total. The van der Waals surface area contributed by atoms with Crippen molar-refractivity contribution in [3.05, 3.63) is 35.2 Å². The third-order valence-corrected chi connectivity index (χ3v) is 5.69. The first-order chi connectivity index (χ1) is 14.6. The van der Waals surface area contributed by atoms with Crippen molar-refractivity contribution in [3.63, 3.8) is 0 Å². The van der Waals surface area contributed by atoms with E-state index in [0.717, 1.165) is 34.3 Å². The van der Waals surface area contributed by atoms with Crippen molar-refractivity contribution in [2.45, 2.75) is 57.9 Å². The van der Waals surface area contributed by atoms with Gasteiger partial charge in [-0.05, 0) is 70.2 Å². The van der Waals surface area contributed by atoms with Crippen LogP contribution in [-0.4, -0.2) is 45.6 Å². The highest BCUT2D eigenvalue weighted by Gasteiger charge is 2.24. The maximum Gasteiger partial charge on any atom is 0.408 e. The topological polar surface area (TPSA) is 106 Å². The second kappa shape index (κ2) is 11.4. The standard InChI is InChI=1S/C21H30N4O4S2/c1-13-8-7-9-15(14(13)2)22-17(26)12-31-20-25-24-18(28-20)16(10-11-30-6)23-19(27)29-21(3,4)5/h7-9,16H,10-12H2,1-6H3,(H,22,26)(H,23,27)/t16-/m0/s1. The lowest BCUT2D eigenvalue weighted by Gasteiger charge is -2.22. The fourth-order valence-electron chi connectivity index (χ4n) is 2.56. The molecule has 1 aromatic carbocycles. The van der Waals surface area contributed by atoms with Gasteiger partial charge in [0.25, 0.3) is 5.22 Å². The van der Waals surface area contributed by atoms with E-state index in [1.807, 2.05) is 38.3 Å². The van der Waals surface area contributed by atoms with Gasteiger partial charge in [-0.25, -0.2) is 4.79 Å².